The van der Waals surface area contributed by atoms with Gasteiger partial charge in [0.05, 0.1) is 5.71 Å². The summed E-state index contributed by atoms with van der Waals surface area (Å²) >= 11 is 0. The van der Waals surface area contributed by atoms with Crippen LogP contribution in [0.15, 0.2) is 24.3 Å². The second-order valence-electron chi connectivity index (χ2n) is 3.16. The Morgan fingerprint density at radius 3 is 2.21 bits per heavy atom. The number of carbonyl (C=O) groups is 1. The number of hydrogen-bond donors (Lipinski definition) is 2. The van der Waals surface area contributed by atoms with E-state index >= 15 is 0 Å². The Labute approximate surface area is 82.8 Å². The van der Waals surface area contributed by atoms with Gasteiger partial charge in [-0.3, -0.25) is 4.79 Å². The minimum absolute atomic E-state index is 0.0183. The molecule has 1 rings (SSSR count). The maximum Gasteiger partial charge on any atom is 0.206 e. The molecular weight excluding hydrogens is 176 g/mol. The van der Waals surface area contributed by atoms with Crippen LogP contribution in [0.5, 0.6) is 0 Å². The van der Waals surface area contributed by atoms with Gasteiger partial charge in [-0.2, -0.15) is 0 Å². The van der Waals surface area contributed by atoms with Crippen LogP contribution >= 0.6 is 0 Å². The van der Waals surface area contributed by atoms with Crippen LogP contribution in [0.25, 0.3) is 0 Å². The van der Waals surface area contributed by atoms with Crippen molar-refractivity contribution in [2.45, 2.75) is 13.8 Å². The Hall–Kier alpha value is -1.77. The van der Waals surface area contributed by atoms with E-state index in [0.29, 0.717) is 11.3 Å². The van der Waals surface area contributed by atoms with Gasteiger partial charge >= 0.3 is 0 Å². The first-order chi connectivity index (χ1) is 6.52. The minimum atomic E-state index is -0.284. The van der Waals surface area contributed by atoms with E-state index < -0.39 is 0 Å². The highest BCUT2D eigenvalue weighted by molar-refractivity contribution is 6.44. The molecule has 0 amide bonds. The van der Waals surface area contributed by atoms with Gasteiger partial charge in [-0.25, -0.2) is 0 Å². The van der Waals surface area contributed by atoms with Crippen molar-refractivity contribution in [3.8, 4) is 0 Å². The molecule has 1 aromatic carbocycles. The number of rotatable bonds is 3. The lowest BCUT2D eigenvalue weighted by Crippen LogP contribution is -2.09. The number of ketones is 1. The van der Waals surface area contributed by atoms with Crippen LogP contribution < -0.4 is 0 Å². The van der Waals surface area contributed by atoms with Crippen LogP contribution in [0.4, 0.5) is 0 Å². The number of nitrogens with one attached hydrogen (secondary N) is 2. The van der Waals surface area contributed by atoms with Crippen molar-refractivity contribution >= 4 is 17.2 Å². The van der Waals surface area contributed by atoms with Crippen LogP contribution in [0.1, 0.15) is 29.8 Å². The van der Waals surface area contributed by atoms with E-state index in [-0.39, 0.29) is 11.5 Å². The Morgan fingerprint density at radius 1 is 1.14 bits per heavy atom. The van der Waals surface area contributed by atoms with Crippen LogP contribution in [0.3, 0.4) is 0 Å². The zero-order chi connectivity index (χ0) is 10.7. The fourth-order valence-electron chi connectivity index (χ4n) is 1.11. The summed E-state index contributed by atoms with van der Waals surface area (Å²) < 4.78 is 0. The van der Waals surface area contributed by atoms with Crippen molar-refractivity contribution < 1.29 is 4.79 Å². The second kappa shape index (κ2) is 3.96. The summed E-state index contributed by atoms with van der Waals surface area (Å²) in [6.07, 6.45) is 0. The quantitative estimate of drug-likeness (QED) is 0.554. The third-order valence-corrected chi connectivity index (χ3v) is 1.90. The summed E-state index contributed by atoms with van der Waals surface area (Å²) in [5.74, 6) is -0.284. The maximum absolute atomic E-state index is 11.4. The first-order valence-corrected chi connectivity index (χ1v) is 4.28. The van der Waals surface area contributed by atoms with Gasteiger partial charge in [0, 0.05) is 11.3 Å². The van der Waals surface area contributed by atoms with E-state index in [1.807, 2.05) is 0 Å². The molecule has 0 aliphatic carbocycles. The summed E-state index contributed by atoms with van der Waals surface area (Å²) in [6.45, 7) is 3.13. The third-order valence-electron chi connectivity index (χ3n) is 1.90. The van der Waals surface area contributed by atoms with E-state index in [1.165, 1.54) is 6.92 Å². The molecule has 0 fully saturated rings. The smallest absolute Gasteiger partial charge is 0.206 e. The molecule has 0 atom stereocenters. The zero-order valence-electron chi connectivity index (χ0n) is 8.22. The van der Waals surface area contributed by atoms with Crippen molar-refractivity contribution in [2.75, 3.05) is 0 Å². The lowest BCUT2D eigenvalue weighted by Gasteiger charge is -2.01. The Balaban J connectivity index is 3.12. The predicted molar refractivity (Wildman–Crippen MR) is 56.7 cm³/mol. The van der Waals surface area contributed by atoms with Crippen molar-refractivity contribution in [2.24, 2.45) is 0 Å². The fraction of sp³-hybridized carbons (Fsp3) is 0.182. The van der Waals surface area contributed by atoms with Crippen LogP contribution in [-0.4, -0.2) is 17.2 Å². The number of benzene rings is 1. The topological polar surface area (TPSA) is 64.8 Å². The van der Waals surface area contributed by atoms with Gasteiger partial charge < -0.3 is 10.8 Å². The molecule has 1 aromatic rings. The van der Waals surface area contributed by atoms with Crippen LogP contribution in [0.2, 0.25) is 0 Å². The summed E-state index contributed by atoms with van der Waals surface area (Å²) in [7, 11) is 0. The van der Waals surface area contributed by atoms with E-state index in [9.17, 15) is 4.79 Å². The molecule has 3 nitrogen and oxygen atoms in total. The van der Waals surface area contributed by atoms with Gasteiger partial charge in [-0.05, 0) is 25.5 Å². The standard InChI is InChI=1S/C11H12N2O/c1-7(12)9-4-3-5-10(6-9)11(14)8(2)13/h3-6,12-13H,1-2H3. The molecule has 0 heterocycles. The molecule has 0 aliphatic rings. The van der Waals surface area contributed by atoms with Gasteiger partial charge in [-0.1, -0.05) is 18.2 Å². The first-order valence-electron chi connectivity index (χ1n) is 4.28. The lowest BCUT2D eigenvalue weighted by atomic mass is 10.0. The number of hydrogen-bond acceptors (Lipinski definition) is 3. The zero-order valence-corrected chi connectivity index (χ0v) is 8.22. The molecule has 0 unspecified atom stereocenters. The van der Waals surface area contributed by atoms with Gasteiger partial charge in [-0.15, -0.1) is 0 Å². The van der Waals surface area contributed by atoms with Gasteiger partial charge in [0.25, 0.3) is 0 Å². The van der Waals surface area contributed by atoms with Crippen molar-refractivity contribution in [3.05, 3.63) is 35.4 Å². The first kappa shape index (κ1) is 10.3. The average Bonchev–Trinajstić information content (AvgIpc) is 2.16. The van der Waals surface area contributed by atoms with Gasteiger partial charge in [0.15, 0.2) is 0 Å². The summed E-state index contributed by atoms with van der Waals surface area (Å²) in [5, 5.41) is 14.6. The fourth-order valence-corrected chi connectivity index (χ4v) is 1.11. The van der Waals surface area contributed by atoms with E-state index in [1.54, 1.807) is 31.2 Å². The Morgan fingerprint density at radius 2 is 1.71 bits per heavy atom. The lowest BCUT2D eigenvalue weighted by molar-refractivity contribution is 0.106. The van der Waals surface area contributed by atoms with E-state index in [0.717, 1.165) is 5.56 Å². The molecule has 0 saturated heterocycles. The molecular formula is C11H12N2O. The minimum Gasteiger partial charge on any atom is -0.305 e. The largest absolute Gasteiger partial charge is 0.305 e. The molecule has 2 N–H and O–H groups in total. The number of Topliss-reactive ketones (excluding diaryl/α,β-unsaturated/α-hetero) is 1. The molecule has 3 heteroatoms. The van der Waals surface area contributed by atoms with E-state index in [2.05, 4.69) is 0 Å². The normalized spacial score (nSPS) is 9.57. The highest BCUT2D eigenvalue weighted by Crippen LogP contribution is 2.07. The summed E-state index contributed by atoms with van der Waals surface area (Å²) in [4.78, 5) is 11.4. The van der Waals surface area contributed by atoms with Crippen LogP contribution in [0, 0.1) is 10.8 Å². The molecule has 72 valence electrons. The monoisotopic (exact) mass is 188 g/mol. The summed E-state index contributed by atoms with van der Waals surface area (Å²) in [6, 6.07) is 6.80. The maximum atomic E-state index is 11.4. The van der Waals surface area contributed by atoms with Crippen molar-refractivity contribution in [1.29, 1.82) is 10.8 Å². The molecule has 0 aliphatic heterocycles. The van der Waals surface area contributed by atoms with E-state index in [4.69, 9.17) is 10.8 Å². The average molecular weight is 188 g/mol. The highest BCUT2D eigenvalue weighted by Gasteiger charge is 2.08. The Kier molecular flexibility index (Phi) is 2.92. The second-order valence-corrected chi connectivity index (χ2v) is 3.16. The Bertz CT molecular complexity index is 408. The summed E-state index contributed by atoms with van der Waals surface area (Å²) in [5.41, 5.74) is 1.63. The molecule has 0 spiro atoms. The molecule has 0 aromatic heterocycles. The number of carbonyl (C=O) groups excluding carboxylic acids is 1. The molecule has 0 saturated carbocycles. The van der Waals surface area contributed by atoms with Gasteiger partial charge in [0.1, 0.15) is 0 Å². The predicted octanol–water partition coefficient (Wildman–Crippen LogP) is 2.30. The third kappa shape index (κ3) is 2.13. The molecule has 0 radical (unpaired) electrons. The highest BCUT2D eigenvalue weighted by atomic mass is 16.1. The van der Waals surface area contributed by atoms with Crippen molar-refractivity contribution in [1.82, 2.24) is 0 Å². The SMILES string of the molecule is CC(=N)C(=O)c1cccc(C(C)=N)c1. The molecule has 14 heavy (non-hydrogen) atoms. The van der Waals surface area contributed by atoms with Crippen molar-refractivity contribution in [3.63, 3.8) is 0 Å². The van der Waals surface area contributed by atoms with Crippen LogP contribution in [-0.2, 0) is 0 Å². The molecule has 0 bridgehead atoms. The van der Waals surface area contributed by atoms with Gasteiger partial charge in [0.2, 0.25) is 5.78 Å².